The molecular formula is C13H14FNO3. The van der Waals surface area contributed by atoms with Crippen molar-refractivity contribution in [1.82, 2.24) is 0 Å². The number of rotatable bonds is 3. The molecule has 0 atom stereocenters. The monoisotopic (exact) mass is 251 g/mol. The molecule has 18 heavy (non-hydrogen) atoms. The molecule has 5 heteroatoms. The summed E-state index contributed by atoms with van der Waals surface area (Å²) >= 11 is 0. The largest absolute Gasteiger partial charge is 0.494 e. The topological polar surface area (TPSA) is 47.9 Å². The highest BCUT2D eigenvalue weighted by molar-refractivity contribution is 5.40. The molecular weight excluding hydrogens is 237 g/mol. The van der Waals surface area contributed by atoms with Gasteiger partial charge in [0.1, 0.15) is 5.54 Å². The number of isocyanates is 1. The molecule has 1 saturated heterocycles. The Bertz CT molecular complexity index is 477. The molecule has 1 fully saturated rings. The molecule has 1 aliphatic rings. The van der Waals surface area contributed by atoms with Crippen LogP contribution in [0.5, 0.6) is 5.75 Å². The van der Waals surface area contributed by atoms with Crippen LogP contribution in [0.4, 0.5) is 4.39 Å². The van der Waals surface area contributed by atoms with Crippen molar-refractivity contribution in [3.05, 3.63) is 29.6 Å². The van der Waals surface area contributed by atoms with Gasteiger partial charge in [-0.1, -0.05) is 6.07 Å². The van der Waals surface area contributed by atoms with Crippen molar-refractivity contribution in [2.45, 2.75) is 18.4 Å². The van der Waals surface area contributed by atoms with E-state index in [1.165, 1.54) is 13.2 Å². The second-order valence-corrected chi connectivity index (χ2v) is 4.20. The van der Waals surface area contributed by atoms with E-state index < -0.39 is 11.4 Å². The van der Waals surface area contributed by atoms with Gasteiger partial charge in [-0.05, 0) is 17.7 Å². The molecule has 2 rings (SSSR count). The molecule has 1 aromatic carbocycles. The Morgan fingerprint density at radius 2 is 2.17 bits per heavy atom. The van der Waals surface area contributed by atoms with Gasteiger partial charge in [0.25, 0.3) is 0 Å². The summed E-state index contributed by atoms with van der Waals surface area (Å²) in [4.78, 5) is 14.5. The van der Waals surface area contributed by atoms with Crippen molar-refractivity contribution < 1.29 is 18.7 Å². The number of methoxy groups -OCH3 is 1. The van der Waals surface area contributed by atoms with Crippen molar-refractivity contribution in [2.24, 2.45) is 4.99 Å². The molecule has 0 saturated carbocycles. The van der Waals surface area contributed by atoms with Gasteiger partial charge in [-0.2, -0.15) is 4.99 Å². The van der Waals surface area contributed by atoms with Crippen LogP contribution in [-0.2, 0) is 15.1 Å². The first-order valence-corrected chi connectivity index (χ1v) is 5.73. The van der Waals surface area contributed by atoms with Gasteiger partial charge >= 0.3 is 0 Å². The predicted molar refractivity (Wildman–Crippen MR) is 62.8 cm³/mol. The summed E-state index contributed by atoms with van der Waals surface area (Å²) in [5.74, 6) is -0.280. The number of hydrogen-bond acceptors (Lipinski definition) is 4. The highest BCUT2D eigenvalue weighted by atomic mass is 19.1. The van der Waals surface area contributed by atoms with E-state index in [0.717, 1.165) is 0 Å². The lowest BCUT2D eigenvalue weighted by atomic mass is 9.83. The number of carbonyl (C=O) groups excluding carboxylic acids is 1. The molecule has 4 nitrogen and oxygen atoms in total. The molecule has 0 N–H and O–H groups in total. The summed E-state index contributed by atoms with van der Waals surface area (Å²) in [5.41, 5.74) is -0.0555. The van der Waals surface area contributed by atoms with Crippen LogP contribution >= 0.6 is 0 Å². The molecule has 0 aliphatic carbocycles. The van der Waals surface area contributed by atoms with Crippen LogP contribution in [0.25, 0.3) is 0 Å². The van der Waals surface area contributed by atoms with Crippen LogP contribution in [0, 0.1) is 5.82 Å². The third-order valence-corrected chi connectivity index (χ3v) is 3.27. The van der Waals surface area contributed by atoms with Crippen LogP contribution in [0.2, 0.25) is 0 Å². The smallest absolute Gasteiger partial charge is 0.235 e. The zero-order valence-electron chi connectivity index (χ0n) is 10.1. The van der Waals surface area contributed by atoms with Gasteiger partial charge in [0.15, 0.2) is 11.6 Å². The van der Waals surface area contributed by atoms with E-state index in [1.54, 1.807) is 18.2 Å². The molecule has 0 unspecified atom stereocenters. The number of ether oxygens (including phenoxy) is 2. The van der Waals surface area contributed by atoms with Crippen molar-refractivity contribution in [3.8, 4) is 5.75 Å². The summed E-state index contributed by atoms with van der Waals surface area (Å²) < 4.78 is 23.9. The fourth-order valence-corrected chi connectivity index (χ4v) is 2.22. The van der Waals surface area contributed by atoms with Gasteiger partial charge in [-0.3, -0.25) is 0 Å². The zero-order chi connectivity index (χ0) is 13.0. The molecule has 0 spiro atoms. The minimum Gasteiger partial charge on any atom is -0.494 e. The summed E-state index contributed by atoms with van der Waals surface area (Å²) in [6, 6.07) is 4.64. The van der Waals surface area contributed by atoms with Crippen LogP contribution in [0.15, 0.2) is 23.2 Å². The third-order valence-electron chi connectivity index (χ3n) is 3.27. The maximum absolute atomic E-state index is 13.7. The molecule has 1 heterocycles. The Balaban J connectivity index is 2.42. The summed E-state index contributed by atoms with van der Waals surface area (Å²) in [5, 5.41) is 0. The molecule has 1 aliphatic heterocycles. The van der Waals surface area contributed by atoms with Crippen molar-refractivity contribution in [3.63, 3.8) is 0 Å². The first-order valence-electron chi connectivity index (χ1n) is 5.73. The highest BCUT2D eigenvalue weighted by Crippen LogP contribution is 2.37. The number of aliphatic imine (C=N–C) groups is 1. The quantitative estimate of drug-likeness (QED) is 0.611. The van der Waals surface area contributed by atoms with Gasteiger partial charge in [0, 0.05) is 26.1 Å². The average Bonchev–Trinajstić information content (AvgIpc) is 2.40. The SMILES string of the molecule is COc1ccc(C2(N=C=O)CCOCC2)cc1F. The Morgan fingerprint density at radius 3 is 2.72 bits per heavy atom. The second kappa shape index (κ2) is 5.29. The Labute approximate surface area is 104 Å². The van der Waals surface area contributed by atoms with Gasteiger partial charge in [0.05, 0.1) is 7.11 Å². The maximum atomic E-state index is 13.7. The number of nitrogens with zero attached hydrogens (tertiary/aromatic N) is 1. The predicted octanol–water partition coefficient (Wildman–Crippen LogP) is 2.18. The molecule has 0 bridgehead atoms. The highest BCUT2D eigenvalue weighted by Gasteiger charge is 2.35. The number of benzene rings is 1. The molecule has 0 radical (unpaired) electrons. The van der Waals surface area contributed by atoms with Crippen molar-refractivity contribution >= 4 is 6.08 Å². The molecule has 96 valence electrons. The minimum atomic E-state index is -0.715. The lowest BCUT2D eigenvalue weighted by molar-refractivity contribution is 0.0530. The zero-order valence-corrected chi connectivity index (χ0v) is 10.1. The van der Waals surface area contributed by atoms with E-state index in [9.17, 15) is 9.18 Å². The number of hydrogen-bond donors (Lipinski definition) is 0. The summed E-state index contributed by atoms with van der Waals surface area (Å²) in [6.45, 7) is 0.998. The average molecular weight is 251 g/mol. The van der Waals surface area contributed by atoms with Gasteiger partial charge < -0.3 is 9.47 Å². The van der Waals surface area contributed by atoms with Gasteiger partial charge in [-0.15, -0.1) is 0 Å². The first-order chi connectivity index (χ1) is 8.72. The summed E-state index contributed by atoms with van der Waals surface area (Å²) in [6.07, 6.45) is 2.69. The van der Waals surface area contributed by atoms with Gasteiger partial charge in [-0.25, -0.2) is 9.18 Å². The van der Waals surface area contributed by atoms with E-state index in [1.807, 2.05) is 0 Å². The lowest BCUT2D eigenvalue weighted by Crippen LogP contribution is -2.32. The summed E-state index contributed by atoms with van der Waals surface area (Å²) in [7, 11) is 1.41. The van der Waals surface area contributed by atoms with E-state index in [-0.39, 0.29) is 5.75 Å². The maximum Gasteiger partial charge on any atom is 0.235 e. The fourth-order valence-electron chi connectivity index (χ4n) is 2.22. The second-order valence-electron chi connectivity index (χ2n) is 4.20. The fraction of sp³-hybridized carbons (Fsp3) is 0.462. The van der Waals surface area contributed by atoms with E-state index in [0.29, 0.717) is 31.6 Å². The van der Waals surface area contributed by atoms with Crippen molar-refractivity contribution in [1.29, 1.82) is 0 Å². The van der Waals surface area contributed by atoms with E-state index >= 15 is 0 Å². The van der Waals surface area contributed by atoms with E-state index in [4.69, 9.17) is 9.47 Å². The van der Waals surface area contributed by atoms with Crippen LogP contribution < -0.4 is 4.74 Å². The standard InChI is InChI=1S/C13H14FNO3/c1-17-12-3-2-10(8-11(12)14)13(15-9-16)4-6-18-7-5-13/h2-3,8H,4-7H2,1H3. The molecule has 0 aromatic heterocycles. The van der Waals surface area contributed by atoms with Crippen LogP contribution in [0.3, 0.4) is 0 Å². The van der Waals surface area contributed by atoms with Gasteiger partial charge in [0.2, 0.25) is 6.08 Å². The first kappa shape index (κ1) is 12.7. The molecule has 1 aromatic rings. The Morgan fingerprint density at radius 1 is 1.44 bits per heavy atom. The normalized spacial score (nSPS) is 17.9. The van der Waals surface area contributed by atoms with Crippen LogP contribution in [0.1, 0.15) is 18.4 Å². The van der Waals surface area contributed by atoms with Crippen LogP contribution in [-0.4, -0.2) is 26.4 Å². The third kappa shape index (κ3) is 2.28. The van der Waals surface area contributed by atoms with Crippen molar-refractivity contribution in [2.75, 3.05) is 20.3 Å². The van der Waals surface area contributed by atoms with E-state index in [2.05, 4.69) is 4.99 Å². The molecule has 0 amide bonds. The lowest BCUT2D eigenvalue weighted by Gasteiger charge is -2.32. The minimum absolute atomic E-state index is 0.177. The Hall–Kier alpha value is -1.71. The Kier molecular flexibility index (Phi) is 3.75. The number of halogens is 1.